The van der Waals surface area contributed by atoms with E-state index in [2.05, 4.69) is 27.9 Å². The smallest absolute Gasteiger partial charge is 0.221 e. The van der Waals surface area contributed by atoms with Crippen molar-refractivity contribution in [2.24, 2.45) is 4.99 Å². The largest absolute Gasteiger partial charge is 0.383 e. The summed E-state index contributed by atoms with van der Waals surface area (Å²) in [5.41, 5.74) is 0. The zero-order valence-corrected chi connectivity index (χ0v) is 12.6. The number of carbonyl (C=O) groups excluding carboxylic acids is 1. The maximum absolute atomic E-state index is 11.6. The van der Waals surface area contributed by atoms with Gasteiger partial charge in [-0.15, -0.1) is 0 Å². The zero-order valence-electron chi connectivity index (χ0n) is 12.6. The van der Waals surface area contributed by atoms with Gasteiger partial charge < -0.3 is 20.7 Å². The van der Waals surface area contributed by atoms with Gasteiger partial charge in [-0.25, -0.2) is 0 Å². The van der Waals surface area contributed by atoms with Crippen LogP contribution in [0.25, 0.3) is 0 Å². The summed E-state index contributed by atoms with van der Waals surface area (Å²) in [4.78, 5) is 15.9. The van der Waals surface area contributed by atoms with Gasteiger partial charge in [0.2, 0.25) is 5.91 Å². The van der Waals surface area contributed by atoms with E-state index >= 15 is 0 Å². The Hall–Kier alpha value is -1.30. The van der Waals surface area contributed by atoms with E-state index in [9.17, 15) is 4.79 Å². The lowest BCUT2D eigenvalue weighted by Crippen LogP contribution is -2.40. The van der Waals surface area contributed by atoms with Crippen LogP contribution in [-0.2, 0) is 9.53 Å². The lowest BCUT2D eigenvalue weighted by atomic mass is 10.2. The highest BCUT2D eigenvalue weighted by Gasteiger charge is 2.05. The third-order valence-corrected chi connectivity index (χ3v) is 2.57. The Bertz CT molecular complexity index is 269. The molecule has 0 aliphatic heterocycles. The maximum atomic E-state index is 11.6. The fourth-order valence-electron chi connectivity index (χ4n) is 1.33. The van der Waals surface area contributed by atoms with Gasteiger partial charge in [0.15, 0.2) is 5.96 Å². The Balaban J connectivity index is 3.91. The number of nitrogens with one attached hydrogen (secondary N) is 3. The molecule has 0 aromatic carbocycles. The number of guanidine groups is 1. The molecule has 0 radical (unpaired) electrons. The Labute approximate surface area is 116 Å². The van der Waals surface area contributed by atoms with E-state index in [1.807, 2.05) is 13.8 Å². The van der Waals surface area contributed by atoms with E-state index in [0.717, 1.165) is 18.9 Å². The average Bonchev–Trinajstić information content (AvgIpc) is 2.38. The molecular formula is C13H28N4O2. The third-order valence-electron chi connectivity index (χ3n) is 2.57. The molecule has 1 atom stereocenters. The Morgan fingerprint density at radius 2 is 2.05 bits per heavy atom. The fourth-order valence-corrected chi connectivity index (χ4v) is 1.33. The van der Waals surface area contributed by atoms with Gasteiger partial charge in [0.05, 0.1) is 13.2 Å². The summed E-state index contributed by atoms with van der Waals surface area (Å²) in [6.45, 7) is 8.61. The Morgan fingerprint density at radius 1 is 1.32 bits per heavy atom. The van der Waals surface area contributed by atoms with Gasteiger partial charge in [-0.2, -0.15) is 0 Å². The summed E-state index contributed by atoms with van der Waals surface area (Å²) in [6.07, 6.45) is 1.39. The molecular weight excluding hydrogens is 244 g/mol. The van der Waals surface area contributed by atoms with Crippen molar-refractivity contribution in [1.82, 2.24) is 16.0 Å². The first-order chi connectivity index (χ1) is 9.13. The predicted molar refractivity (Wildman–Crippen MR) is 78.4 cm³/mol. The first kappa shape index (κ1) is 17.7. The van der Waals surface area contributed by atoms with Crippen molar-refractivity contribution >= 4 is 11.9 Å². The molecule has 0 heterocycles. The van der Waals surface area contributed by atoms with Gasteiger partial charge in [0, 0.05) is 32.7 Å². The van der Waals surface area contributed by atoms with Gasteiger partial charge in [-0.1, -0.05) is 6.92 Å². The lowest BCUT2D eigenvalue weighted by Gasteiger charge is -2.13. The van der Waals surface area contributed by atoms with Crippen molar-refractivity contribution in [3.63, 3.8) is 0 Å². The first-order valence-corrected chi connectivity index (χ1v) is 6.94. The molecule has 0 saturated heterocycles. The number of rotatable bonds is 9. The number of methoxy groups -OCH3 is 1. The van der Waals surface area contributed by atoms with Crippen LogP contribution in [-0.4, -0.2) is 51.3 Å². The second kappa shape index (κ2) is 11.8. The van der Waals surface area contributed by atoms with Crippen LogP contribution in [0.5, 0.6) is 0 Å². The van der Waals surface area contributed by atoms with Crippen LogP contribution in [0, 0.1) is 0 Å². The summed E-state index contributed by atoms with van der Waals surface area (Å²) in [5.74, 6) is 0.783. The monoisotopic (exact) mass is 272 g/mol. The van der Waals surface area contributed by atoms with E-state index in [-0.39, 0.29) is 11.9 Å². The zero-order chi connectivity index (χ0) is 14.5. The van der Waals surface area contributed by atoms with Crippen molar-refractivity contribution in [3.05, 3.63) is 0 Å². The van der Waals surface area contributed by atoms with E-state index in [4.69, 9.17) is 4.74 Å². The SMILES string of the molecule is CCNC(=NCCOC)NCCC(=O)NC(C)CC. The van der Waals surface area contributed by atoms with Crippen LogP contribution in [0.15, 0.2) is 4.99 Å². The molecule has 1 amide bonds. The van der Waals surface area contributed by atoms with Gasteiger partial charge in [0.25, 0.3) is 0 Å². The van der Waals surface area contributed by atoms with Gasteiger partial charge in [-0.3, -0.25) is 9.79 Å². The van der Waals surface area contributed by atoms with E-state index < -0.39 is 0 Å². The molecule has 6 nitrogen and oxygen atoms in total. The number of carbonyl (C=O) groups is 1. The average molecular weight is 272 g/mol. The highest BCUT2D eigenvalue weighted by atomic mass is 16.5. The number of hydrogen-bond acceptors (Lipinski definition) is 3. The van der Waals surface area contributed by atoms with Crippen molar-refractivity contribution in [1.29, 1.82) is 0 Å². The summed E-state index contributed by atoms with van der Waals surface area (Å²) in [7, 11) is 1.65. The van der Waals surface area contributed by atoms with Gasteiger partial charge >= 0.3 is 0 Å². The normalized spacial score (nSPS) is 12.9. The second-order valence-corrected chi connectivity index (χ2v) is 4.31. The Morgan fingerprint density at radius 3 is 2.63 bits per heavy atom. The molecule has 19 heavy (non-hydrogen) atoms. The van der Waals surface area contributed by atoms with Gasteiger partial charge in [-0.05, 0) is 20.3 Å². The van der Waals surface area contributed by atoms with Crippen molar-refractivity contribution in [2.75, 3.05) is 33.4 Å². The minimum atomic E-state index is 0.0644. The summed E-state index contributed by atoms with van der Waals surface area (Å²) in [5, 5.41) is 9.17. The molecule has 112 valence electrons. The van der Waals surface area contributed by atoms with E-state index in [1.54, 1.807) is 7.11 Å². The highest BCUT2D eigenvalue weighted by Crippen LogP contribution is 1.89. The molecule has 3 N–H and O–H groups in total. The fraction of sp³-hybridized carbons (Fsp3) is 0.846. The quantitative estimate of drug-likeness (QED) is 0.324. The minimum absolute atomic E-state index is 0.0644. The first-order valence-electron chi connectivity index (χ1n) is 6.94. The van der Waals surface area contributed by atoms with E-state index in [0.29, 0.717) is 26.1 Å². The van der Waals surface area contributed by atoms with E-state index in [1.165, 1.54) is 0 Å². The molecule has 0 spiro atoms. The molecule has 0 saturated carbocycles. The number of aliphatic imine (C=N–C) groups is 1. The Kier molecular flexibility index (Phi) is 11.0. The predicted octanol–water partition coefficient (Wildman–Crippen LogP) is 0.493. The molecule has 0 aliphatic rings. The van der Waals surface area contributed by atoms with Crippen molar-refractivity contribution < 1.29 is 9.53 Å². The summed E-state index contributed by atoms with van der Waals surface area (Å²) >= 11 is 0. The number of amides is 1. The molecule has 0 aliphatic carbocycles. The number of nitrogens with zero attached hydrogens (tertiary/aromatic N) is 1. The molecule has 6 heteroatoms. The van der Waals surface area contributed by atoms with Crippen LogP contribution in [0.1, 0.15) is 33.6 Å². The van der Waals surface area contributed by atoms with Crippen LogP contribution >= 0.6 is 0 Å². The number of hydrogen-bond donors (Lipinski definition) is 3. The van der Waals surface area contributed by atoms with Crippen LogP contribution in [0.2, 0.25) is 0 Å². The highest BCUT2D eigenvalue weighted by molar-refractivity contribution is 5.81. The minimum Gasteiger partial charge on any atom is -0.383 e. The van der Waals surface area contributed by atoms with Crippen molar-refractivity contribution in [2.45, 2.75) is 39.7 Å². The topological polar surface area (TPSA) is 74.8 Å². The molecule has 0 aromatic heterocycles. The van der Waals surface area contributed by atoms with Crippen molar-refractivity contribution in [3.8, 4) is 0 Å². The van der Waals surface area contributed by atoms with Gasteiger partial charge in [0.1, 0.15) is 0 Å². The second-order valence-electron chi connectivity index (χ2n) is 4.31. The maximum Gasteiger partial charge on any atom is 0.221 e. The molecule has 0 bridgehead atoms. The van der Waals surface area contributed by atoms with Crippen LogP contribution < -0.4 is 16.0 Å². The third kappa shape index (κ3) is 10.3. The molecule has 0 fully saturated rings. The standard InChI is InChI=1S/C13H28N4O2/c1-5-11(3)17-12(18)7-8-15-13(14-6-2)16-9-10-19-4/h11H,5-10H2,1-4H3,(H,17,18)(H2,14,15,16). The molecule has 0 aromatic rings. The van der Waals surface area contributed by atoms with Crippen LogP contribution in [0.4, 0.5) is 0 Å². The number of ether oxygens (including phenoxy) is 1. The molecule has 0 rings (SSSR count). The summed E-state index contributed by atoms with van der Waals surface area (Å²) in [6, 6.07) is 0.233. The molecule has 1 unspecified atom stereocenters. The summed E-state index contributed by atoms with van der Waals surface area (Å²) < 4.78 is 4.94. The van der Waals surface area contributed by atoms with Crippen LogP contribution in [0.3, 0.4) is 0 Å². The lowest BCUT2D eigenvalue weighted by molar-refractivity contribution is -0.121.